The van der Waals surface area contributed by atoms with Gasteiger partial charge in [0.1, 0.15) is 6.61 Å². The Bertz CT molecular complexity index is 462. The second kappa shape index (κ2) is 4.55. The number of hydrogen-bond donors (Lipinski definition) is 0. The summed E-state index contributed by atoms with van der Waals surface area (Å²) in [5, 5.41) is 0. The van der Waals surface area contributed by atoms with Gasteiger partial charge in [-0.25, -0.2) is 8.42 Å². The SMILES string of the molecule is COCC(=O)c1cccc(S(C)(=O)=O)c1. The standard InChI is InChI=1S/C10H12O4S/c1-14-7-10(11)8-4-3-5-9(6-8)15(2,12)13/h3-6H,7H2,1-2H3. The Morgan fingerprint density at radius 2 is 2.07 bits per heavy atom. The number of benzene rings is 1. The molecule has 0 amide bonds. The molecule has 15 heavy (non-hydrogen) atoms. The van der Waals surface area contributed by atoms with Crippen molar-refractivity contribution in [2.24, 2.45) is 0 Å². The number of sulfone groups is 1. The first-order valence-electron chi connectivity index (χ1n) is 4.27. The van der Waals surface area contributed by atoms with E-state index in [4.69, 9.17) is 0 Å². The topological polar surface area (TPSA) is 60.4 Å². The van der Waals surface area contributed by atoms with Crippen molar-refractivity contribution in [1.29, 1.82) is 0 Å². The molecule has 0 radical (unpaired) electrons. The molecule has 0 atom stereocenters. The summed E-state index contributed by atoms with van der Waals surface area (Å²) in [6.45, 7) is -0.0484. The van der Waals surface area contributed by atoms with E-state index < -0.39 is 9.84 Å². The Balaban J connectivity index is 3.09. The van der Waals surface area contributed by atoms with E-state index in [1.807, 2.05) is 0 Å². The van der Waals surface area contributed by atoms with Crippen molar-refractivity contribution in [3.63, 3.8) is 0 Å². The Kier molecular flexibility index (Phi) is 3.60. The van der Waals surface area contributed by atoms with E-state index in [0.717, 1.165) is 6.26 Å². The van der Waals surface area contributed by atoms with Crippen molar-refractivity contribution in [2.75, 3.05) is 20.0 Å². The summed E-state index contributed by atoms with van der Waals surface area (Å²) >= 11 is 0. The highest BCUT2D eigenvalue weighted by Crippen LogP contribution is 2.11. The van der Waals surface area contributed by atoms with Gasteiger partial charge in [-0.1, -0.05) is 12.1 Å². The van der Waals surface area contributed by atoms with Crippen LogP contribution < -0.4 is 0 Å². The second-order valence-corrected chi connectivity index (χ2v) is 5.17. The number of rotatable bonds is 4. The third-order valence-corrected chi connectivity index (χ3v) is 2.97. The predicted octanol–water partition coefficient (Wildman–Crippen LogP) is 0.919. The Morgan fingerprint density at radius 3 is 2.60 bits per heavy atom. The van der Waals surface area contributed by atoms with Crippen LogP contribution in [0.15, 0.2) is 29.2 Å². The first kappa shape index (κ1) is 11.9. The molecule has 0 aromatic heterocycles. The molecule has 0 aliphatic heterocycles. The van der Waals surface area contributed by atoms with Crippen molar-refractivity contribution >= 4 is 15.6 Å². The molecule has 0 unspecified atom stereocenters. The molecule has 0 heterocycles. The summed E-state index contributed by atoms with van der Waals surface area (Å²) in [6, 6.07) is 5.92. The lowest BCUT2D eigenvalue weighted by Crippen LogP contribution is -2.08. The summed E-state index contributed by atoms with van der Waals surface area (Å²) in [7, 11) is -1.85. The number of carbonyl (C=O) groups excluding carboxylic acids is 1. The molecule has 0 N–H and O–H groups in total. The lowest BCUT2D eigenvalue weighted by molar-refractivity contribution is 0.0848. The zero-order chi connectivity index (χ0) is 11.5. The average Bonchev–Trinajstić information content (AvgIpc) is 2.17. The molecule has 0 aliphatic rings. The quantitative estimate of drug-likeness (QED) is 0.719. The van der Waals surface area contributed by atoms with Crippen molar-refractivity contribution < 1.29 is 17.9 Å². The van der Waals surface area contributed by atoms with Crippen molar-refractivity contribution in [3.05, 3.63) is 29.8 Å². The number of Topliss-reactive ketones (excluding diaryl/α,β-unsaturated/α-hetero) is 1. The van der Waals surface area contributed by atoms with E-state index in [1.54, 1.807) is 12.1 Å². The van der Waals surface area contributed by atoms with Crippen molar-refractivity contribution in [1.82, 2.24) is 0 Å². The summed E-state index contributed by atoms with van der Waals surface area (Å²) in [6.07, 6.45) is 1.10. The zero-order valence-corrected chi connectivity index (χ0v) is 9.37. The van der Waals surface area contributed by atoms with Crippen molar-refractivity contribution in [2.45, 2.75) is 4.90 Å². The van der Waals surface area contributed by atoms with Gasteiger partial charge >= 0.3 is 0 Å². The van der Waals surface area contributed by atoms with Gasteiger partial charge in [0.2, 0.25) is 0 Å². The summed E-state index contributed by atoms with van der Waals surface area (Å²) in [4.78, 5) is 11.5. The molecule has 0 saturated carbocycles. The fourth-order valence-electron chi connectivity index (χ4n) is 1.11. The van der Waals surface area contributed by atoms with Gasteiger partial charge in [-0.05, 0) is 12.1 Å². The predicted molar refractivity (Wildman–Crippen MR) is 55.8 cm³/mol. The number of ketones is 1. The maximum atomic E-state index is 11.4. The lowest BCUT2D eigenvalue weighted by Gasteiger charge is -2.02. The van der Waals surface area contributed by atoms with Crippen LogP contribution in [-0.4, -0.2) is 34.2 Å². The van der Waals surface area contributed by atoms with Gasteiger partial charge in [-0.15, -0.1) is 0 Å². The second-order valence-electron chi connectivity index (χ2n) is 3.16. The third-order valence-electron chi connectivity index (χ3n) is 1.86. The molecule has 1 aromatic rings. The molecule has 0 aliphatic carbocycles. The molecular formula is C10H12O4S. The first-order valence-corrected chi connectivity index (χ1v) is 6.16. The molecule has 1 rings (SSSR count). The van der Waals surface area contributed by atoms with Crippen LogP contribution in [0.25, 0.3) is 0 Å². The van der Waals surface area contributed by atoms with E-state index in [0.29, 0.717) is 5.56 Å². The molecule has 0 bridgehead atoms. The van der Waals surface area contributed by atoms with Gasteiger partial charge in [-0.2, -0.15) is 0 Å². The highest BCUT2D eigenvalue weighted by atomic mass is 32.2. The van der Waals surface area contributed by atoms with Crippen LogP contribution in [-0.2, 0) is 14.6 Å². The maximum absolute atomic E-state index is 11.4. The molecular weight excluding hydrogens is 216 g/mol. The maximum Gasteiger partial charge on any atom is 0.188 e. The van der Waals surface area contributed by atoms with Gasteiger partial charge in [0.05, 0.1) is 4.90 Å². The average molecular weight is 228 g/mol. The molecule has 4 nitrogen and oxygen atoms in total. The normalized spacial score (nSPS) is 11.3. The van der Waals surface area contributed by atoms with Crippen LogP contribution in [0.3, 0.4) is 0 Å². The van der Waals surface area contributed by atoms with Gasteiger partial charge in [-0.3, -0.25) is 4.79 Å². The summed E-state index contributed by atoms with van der Waals surface area (Å²) < 4.78 is 27.1. The smallest absolute Gasteiger partial charge is 0.188 e. The van der Waals surface area contributed by atoms with Crippen LogP contribution in [0.4, 0.5) is 0 Å². The minimum absolute atomic E-state index is 0.0484. The molecule has 82 valence electrons. The van der Waals surface area contributed by atoms with E-state index in [2.05, 4.69) is 4.74 Å². The van der Waals surface area contributed by atoms with Crippen molar-refractivity contribution in [3.8, 4) is 0 Å². The van der Waals surface area contributed by atoms with Crippen LogP contribution in [0, 0.1) is 0 Å². The van der Waals surface area contributed by atoms with E-state index in [9.17, 15) is 13.2 Å². The minimum Gasteiger partial charge on any atom is -0.377 e. The van der Waals surface area contributed by atoms with Crippen LogP contribution in [0.5, 0.6) is 0 Å². The fourth-order valence-corrected chi connectivity index (χ4v) is 1.78. The van der Waals surface area contributed by atoms with Crippen LogP contribution in [0.2, 0.25) is 0 Å². The third kappa shape index (κ3) is 3.14. The van der Waals surface area contributed by atoms with Gasteiger partial charge in [0, 0.05) is 18.9 Å². The Labute approximate surface area is 88.8 Å². The molecule has 1 aromatic carbocycles. The number of carbonyl (C=O) groups is 1. The minimum atomic E-state index is -3.27. The van der Waals surface area contributed by atoms with Gasteiger partial charge in [0.15, 0.2) is 15.6 Å². The fraction of sp³-hybridized carbons (Fsp3) is 0.300. The highest BCUT2D eigenvalue weighted by molar-refractivity contribution is 7.90. The zero-order valence-electron chi connectivity index (χ0n) is 8.56. The Morgan fingerprint density at radius 1 is 1.40 bits per heavy atom. The number of ether oxygens (including phenoxy) is 1. The molecule has 0 saturated heterocycles. The number of hydrogen-bond acceptors (Lipinski definition) is 4. The molecule has 5 heteroatoms. The van der Waals surface area contributed by atoms with Gasteiger partial charge < -0.3 is 4.74 Å². The largest absolute Gasteiger partial charge is 0.377 e. The van der Waals surface area contributed by atoms with Gasteiger partial charge in [0.25, 0.3) is 0 Å². The highest BCUT2D eigenvalue weighted by Gasteiger charge is 2.10. The Hall–Kier alpha value is -1.20. The van der Waals surface area contributed by atoms with E-state index >= 15 is 0 Å². The molecule has 0 fully saturated rings. The summed E-state index contributed by atoms with van der Waals surface area (Å²) in [5.74, 6) is -0.233. The first-order chi connectivity index (χ1) is 6.95. The monoisotopic (exact) mass is 228 g/mol. The molecule has 0 spiro atoms. The lowest BCUT2D eigenvalue weighted by atomic mass is 10.1. The number of methoxy groups -OCH3 is 1. The van der Waals surface area contributed by atoms with E-state index in [-0.39, 0.29) is 17.3 Å². The van der Waals surface area contributed by atoms with Crippen LogP contribution >= 0.6 is 0 Å². The van der Waals surface area contributed by atoms with E-state index in [1.165, 1.54) is 19.2 Å². The van der Waals surface area contributed by atoms with Crippen LogP contribution in [0.1, 0.15) is 10.4 Å². The summed E-state index contributed by atoms with van der Waals surface area (Å²) in [5.41, 5.74) is 0.347.